The highest BCUT2D eigenvalue weighted by molar-refractivity contribution is 5.96. The van der Waals surface area contributed by atoms with Crippen molar-refractivity contribution in [3.05, 3.63) is 63.6 Å². The van der Waals surface area contributed by atoms with Crippen LogP contribution in [0.3, 0.4) is 0 Å². The molecule has 2 nitrogen and oxygen atoms in total. The van der Waals surface area contributed by atoms with Crippen LogP contribution in [0.4, 0.5) is 0 Å². The van der Waals surface area contributed by atoms with E-state index in [1.807, 2.05) is 0 Å². The fourth-order valence-electron chi connectivity index (χ4n) is 3.28. The molecule has 0 unspecified atom stereocenters. The molecule has 2 heteroatoms. The molecule has 0 fully saturated rings. The molecule has 2 aliphatic carbocycles. The highest BCUT2D eigenvalue weighted by atomic mass is 16.1. The average Bonchev–Trinajstić information content (AvgIpc) is 2.94. The van der Waals surface area contributed by atoms with Crippen molar-refractivity contribution in [1.29, 1.82) is 0 Å². The second-order valence-corrected chi connectivity index (χ2v) is 5.59. The number of hydrogen-bond acceptors (Lipinski definition) is 1. The van der Waals surface area contributed by atoms with Crippen LogP contribution >= 0.6 is 0 Å². The zero-order valence-electron chi connectivity index (χ0n) is 11.6. The summed E-state index contributed by atoms with van der Waals surface area (Å²) in [5, 5.41) is 5.09. The summed E-state index contributed by atoms with van der Waals surface area (Å²) in [6.07, 6.45) is 11.8. The molecule has 1 amide bonds. The molecule has 0 saturated heterocycles. The van der Waals surface area contributed by atoms with E-state index in [2.05, 4.69) is 54.6 Å². The molecular weight excluding hydrogens is 258 g/mol. The minimum Gasteiger partial charge on any atom is -0.369 e. The molecule has 0 aliphatic heterocycles. The Bertz CT molecular complexity index is 961. The molecule has 2 aromatic rings. The minimum atomic E-state index is -0.278. The molecule has 21 heavy (non-hydrogen) atoms. The van der Waals surface area contributed by atoms with Gasteiger partial charge in [-0.15, -0.1) is 0 Å². The van der Waals surface area contributed by atoms with E-state index in [4.69, 9.17) is 5.73 Å². The van der Waals surface area contributed by atoms with E-state index in [1.165, 1.54) is 32.3 Å². The van der Waals surface area contributed by atoms with Gasteiger partial charge in [-0.1, -0.05) is 54.6 Å². The van der Waals surface area contributed by atoms with Gasteiger partial charge in [-0.25, -0.2) is 0 Å². The molecular formula is C19H15NO. The fourth-order valence-corrected chi connectivity index (χ4v) is 3.28. The summed E-state index contributed by atoms with van der Waals surface area (Å²) in [6.45, 7) is 0. The first kappa shape index (κ1) is 12.2. The molecule has 2 N–H and O–H groups in total. The van der Waals surface area contributed by atoms with Gasteiger partial charge in [-0.2, -0.15) is 0 Å². The first-order valence-corrected chi connectivity index (χ1v) is 7.14. The monoisotopic (exact) mass is 273 g/mol. The smallest absolute Gasteiger partial charge is 0.221 e. The normalized spacial score (nSPS) is 15.0. The number of fused-ring (bicyclic) bond motifs is 5. The molecule has 0 aromatic heterocycles. The van der Waals surface area contributed by atoms with Gasteiger partial charge in [0.25, 0.3) is 0 Å². The third-order valence-electron chi connectivity index (χ3n) is 4.25. The Morgan fingerprint density at radius 2 is 1.90 bits per heavy atom. The van der Waals surface area contributed by atoms with E-state index in [1.54, 1.807) is 0 Å². The van der Waals surface area contributed by atoms with E-state index in [-0.39, 0.29) is 5.91 Å². The van der Waals surface area contributed by atoms with Crippen molar-refractivity contribution in [2.45, 2.75) is 12.8 Å². The van der Waals surface area contributed by atoms with Gasteiger partial charge in [-0.05, 0) is 44.3 Å². The van der Waals surface area contributed by atoms with Crippen LogP contribution in [0, 0.1) is 0 Å². The van der Waals surface area contributed by atoms with Crippen LogP contribution in [0.5, 0.6) is 0 Å². The van der Waals surface area contributed by atoms with Crippen molar-refractivity contribution >= 4 is 34.9 Å². The topological polar surface area (TPSA) is 43.1 Å². The summed E-state index contributed by atoms with van der Waals surface area (Å²) in [6, 6.07) is 8.72. The van der Waals surface area contributed by atoms with Crippen LogP contribution < -0.4 is 16.2 Å². The number of amides is 1. The van der Waals surface area contributed by atoms with Crippen LogP contribution in [0.1, 0.15) is 17.5 Å². The molecule has 0 bridgehead atoms. The molecule has 2 aromatic carbocycles. The summed E-state index contributed by atoms with van der Waals surface area (Å²) >= 11 is 0. The second-order valence-electron chi connectivity index (χ2n) is 5.59. The van der Waals surface area contributed by atoms with Crippen LogP contribution in [0.2, 0.25) is 0 Å². The van der Waals surface area contributed by atoms with E-state index < -0.39 is 0 Å². The highest BCUT2D eigenvalue weighted by Crippen LogP contribution is 2.23. The van der Waals surface area contributed by atoms with Crippen molar-refractivity contribution in [1.82, 2.24) is 0 Å². The first-order chi connectivity index (χ1) is 10.2. The second kappa shape index (κ2) is 4.45. The maximum Gasteiger partial charge on any atom is 0.221 e. The number of primary amides is 1. The number of carbonyl (C=O) groups is 1. The Kier molecular flexibility index (Phi) is 2.58. The van der Waals surface area contributed by atoms with Crippen LogP contribution in [-0.4, -0.2) is 5.91 Å². The molecule has 0 atom stereocenters. The number of carbonyl (C=O) groups excluding carboxylic acids is 1. The van der Waals surface area contributed by atoms with Crippen LogP contribution in [-0.2, 0) is 11.2 Å². The lowest BCUT2D eigenvalue weighted by Crippen LogP contribution is -2.17. The number of benzene rings is 2. The first-order valence-electron chi connectivity index (χ1n) is 7.14. The van der Waals surface area contributed by atoms with E-state index in [0.29, 0.717) is 6.42 Å². The quantitative estimate of drug-likeness (QED) is 0.890. The van der Waals surface area contributed by atoms with Gasteiger partial charge in [0.1, 0.15) is 0 Å². The molecule has 0 heterocycles. The van der Waals surface area contributed by atoms with Crippen molar-refractivity contribution in [3.8, 4) is 0 Å². The van der Waals surface area contributed by atoms with Crippen LogP contribution in [0.15, 0.2) is 42.0 Å². The Morgan fingerprint density at radius 3 is 2.76 bits per heavy atom. The van der Waals surface area contributed by atoms with Crippen molar-refractivity contribution in [2.24, 2.45) is 5.73 Å². The van der Waals surface area contributed by atoms with Gasteiger partial charge < -0.3 is 5.73 Å². The lowest BCUT2D eigenvalue weighted by Gasteiger charge is -2.13. The van der Waals surface area contributed by atoms with Gasteiger partial charge in [0.2, 0.25) is 5.91 Å². The van der Waals surface area contributed by atoms with E-state index in [0.717, 1.165) is 12.0 Å². The lowest BCUT2D eigenvalue weighted by molar-refractivity contribution is -0.117. The largest absolute Gasteiger partial charge is 0.369 e. The van der Waals surface area contributed by atoms with Gasteiger partial charge in [0, 0.05) is 0 Å². The van der Waals surface area contributed by atoms with E-state index >= 15 is 0 Å². The number of allylic oxidation sites excluding steroid dienone is 2. The maximum atomic E-state index is 11.1. The van der Waals surface area contributed by atoms with Gasteiger partial charge in [0.05, 0.1) is 6.42 Å². The zero-order chi connectivity index (χ0) is 14.4. The lowest BCUT2D eigenvalue weighted by atomic mass is 9.91. The number of rotatable bonds is 2. The molecule has 0 spiro atoms. The summed E-state index contributed by atoms with van der Waals surface area (Å²) in [7, 11) is 0. The van der Waals surface area contributed by atoms with Gasteiger partial charge in [0.15, 0.2) is 0 Å². The Labute approximate surface area is 122 Å². The van der Waals surface area contributed by atoms with Crippen molar-refractivity contribution < 1.29 is 4.79 Å². The molecule has 2 aliphatic rings. The zero-order valence-corrected chi connectivity index (χ0v) is 11.6. The highest BCUT2D eigenvalue weighted by Gasteiger charge is 2.11. The third-order valence-corrected chi connectivity index (χ3v) is 4.25. The van der Waals surface area contributed by atoms with Crippen molar-refractivity contribution in [3.63, 3.8) is 0 Å². The van der Waals surface area contributed by atoms with Crippen molar-refractivity contribution in [2.75, 3.05) is 0 Å². The average molecular weight is 273 g/mol. The third kappa shape index (κ3) is 1.91. The Hall–Kier alpha value is -2.61. The summed E-state index contributed by atoms with van der Waals surface area (Å²) < 4.78 is 0. The van der Waals surface area contributed by atoms with Gasteiger partial charge >= 0.3 is 0 Å². The summed E-state index contributed by atoms with van der Waals surface area (Å²) in [5.74, 6) is -0.278. The molecule has 102 valence electrons. The predicted octanol–water partition coefficient (Wildman–Crippen LogP) is 1.79. The summed E-state index contributed by atoms with van der Waals surface area (Å²) in [4.78, 5) is 11.1. The van der Waals surface area contributed by atoms with Crippen LogP contribution in [0.25, 0.3) is 29.0 Å². The van der Waals surface area contributed by atoms with Gasteiger partial charge in [-0.3, -0.25) is 4.79 Å². The predicted molar refractivity (Wildman–Crippen MR) is 86.8 cm³/mol. The van der Waals surface area contributed by atoms with E-state index in [9.17, 15) is 4.79 Å². The maximum absolute atomic E-state index is 11.1. The standard InChI is InChI=1S/C19H15NO/c20-19(21)11-12-4-7-16-14(10-12)6-9-17-15-3-1-2-13(15)5-8-18(16)17/h1-6,8-10H,7,11H2,(H2,20,21). The molecule has 0 saturated carbocycles. The SMILES string of the molecule is NC(=O)CC1=CCc2c(ccc3c4c(ccc23)=CC=C4)=C1. The Morgan fingerprint density at radius 1 is 1.10 bits per heavy atom. The summed E-state index contributed by atoms with van der Waals surface area (Å²) in [5.41, 5.74) is 8.95. The fraction of sp³-hybridized carbons (Fsp3) is 0.105. The Balaban J connectivity index is 1.94. The molecule has 0 radical (unpaired) electrons. The number of hydrogen-bond donors (Lipinski definition) is 1. The molecule has 4 rings (SSSR count). The minimum absolute atomic E-state index is 0.278. The number of nitrogens with two attached hydrogens (primary N) is 1.